The van der Waals surface area contributed by atoms with Gasteiger partial charge in [0.05, 0.1) is 0 Å². The van der Waals surface area contributed by atoms with Crippen LogP contribution in [0.25, 0.3) is 0 Å². The molecular weight excluding hydrogens is 121 g/mol. The van der Waals surface area contributed by atoms with Crippen molar-refractivity contribution in [1.82, 2.24) is 4.98 Å². The largest absolute Gasteiger partial charge is 0.285 e. The number of hydrogen-bond acceptors (Lipinski definition) is 2. The highest BCUT2D eigenvalue weighted by molar-refractivity contribution is 4.93. The molecule has 0 radical (unpaired) electrons. The van der Waals surface area contributed by atoms with E-state index >= 15 is 0 Å². The Morgan fingerprint density at radius 2 is 2.22 bits per heavy atom. The maximum atomic E-state index is 12.1. The van der Waals surface area contributed by atoms with Gasteiger partial charge in [-0.15, -0.1) is 0 Å². The summed E-state index contributed by atoms with van der Waals surface area (Å²) in [5.41, 5.74) is -0.681. The molecule has 0 aliphatic heterocycles. The number of halogens is 1. The van der Waals surface area contributed by atoms with E-state index in [0.717, 1.165) is 6.07 Å². The topological polar surface area (TPSA) is 30.0 Å². The van der Waals surface area contributed by atoms with Gasteiger partial charge in [0, 0.05) is 6.20 Å². The van der Waals surface area contributed by atoms with Crippen LogP contribution in [-0.2, 0) is 0 Å². The lowest BCUT2D eigenvalue weighted by Crippen LogP contribution is -2.01. The molecule has 0 aliphatic carbocycles. The van der Waals surface area contributed by atoms with Crippen molar-refractivity contribution in [1.29, 1.82) is 0 Å². The van der Waals surface area contributed by atoms with Crippen LogP contribution in [0.1, 0.15) is 0 Å². The Morgan fingerprint density at radius 3 is 3.00 bits per heavy atom. The lowest BCUT2D eigenvalue weighted by Gasteiger charge is -1.68. The molecule has 0 atom stereocenters. The van der Waals surface area contributed by atoms with E-state index in [1.54, 1.807) is 0 Å². The van der Waals surface area contributed by atoms with Crippen LogP contribution in [0.5, 0.6) is 0 Å². The third kappa shape index (κ3) is 1.32. The van der Waals surface area contributed by atoms with Crippen molar-refractivity contribution in [2.75, 3.05) is 0 Å². The molecule has 0 amide bonds. The number of rotatable bonds is 0. The van der Waals surface area contributed by atoms with Gasteiger partial charge in [-0.25, -0.2) is 4.98 Å². The van der Waals surface area contributed by atoms with Gasteiger partial charge in [0.1, 0.15) is 0 Å². The fourth-order valence-corrected chi connectivity index (χ4v) is 0.433. The van der Waals surface area contributed by atoms with Crippen molar-refractivity contribution >= 4 is 0 Å². The lowest BCUT2D eigenvalue weighted by atomic mass is 10.5. The highest BCUT2D eigenvalue weighted by atomic mass is 19.1. The average Bonchev–Trinajstić information content (AvgIpc) is 1.99. The third-order valence-corrected chi connectivity index (χ3v) is 0.836. The molecule has 0 saturated heterocycles. The first-order valence-corrected chi connectivity index (χ1v) is 2.41. The van der Waals surface area contributed by atoms with E-state index in [4.69, 9.17) is 0 Å². The summed E-state index contributed by atoms with van der Waals surface area (Å²) in [5.74, 6) is -0.958. The second-order valence-electron chi connectivity index (χ2n) is 1.48. The molecule has 0 spiro atoms. The van der Waals surface area contributed by atoms with Gasteiger partial charge in [-0.1, -0.05) is 6.07 Å². The van der Waals surface area contributed by atoms with E-state index in [2.05, 4.69) is 4.98 Å². The minimum Gasteiger partial charge on any atom is -0.285 e. The van der Waals surface area contributed by atoms with Crippen LogP contribution in [0.2, 0.25) is 0 Å². The summed E-state index contributed by atoms with van der Waals surface area (Å²) >= 11 is 0. The van der Waals surface area contributed by atoms with E-state index in [-0.39, 0.29) is 0 Å². The van der Waals surface area contributed by atoms with E-state index in [0.29, 0.717) is 0 Å². The van der Waals surface area contributed by atoms with E-state index in [1.165, 1.54) is 18.3 Å². The first kappa shape index (κ1) is 5.88. The van der Waals surface area contributed by atoms with E-state index in [9.17, 15) is 9.18 Å². The third-order valence-electron chi connectivity index (χ3n) is 0.836. The summed E-state index contributed by atoms with van der Waals surface area (Å²) in [6.45, 7) is 0. The first-order chi connectivity index (χ1) is 4.30. The first-order valence-electron chi connectivity index (χ1n) is 2.41. The zero-order valence-corrected chi connectivity index (χ0v) is 4.54. The van der Waals surface area contributed by atoms with Gasteiger partial charge in [0.25, 0.3) is 5.95 Å². The minimum atomic E-state index is -0.958. The number of aromatic nitrogens is 1. The molecular formula is C6H4FNO. The van der Waals surface area contributed by atoms with Crippen molar-refractivity contribution in [2.24, 2.45) is 0 Å². The molecule has 1 aromatic heterocycles. The Bertz CT molecular complexity index is 261. The Balaban J connectivity index is 3.42. The van der Waals surface area contributed by atoms with Crippen LogP contribution in [0.15, 0.2) is 29.2 Å². The van der Waals surface area contributed by atoms with Crippen molar-refractivity contribution in [3.8, 4) is 0 Å². The van der Waals surface area contributed by atoms with Gasteiger partial charge in [-0.3, -0.25) is 4.79 Å². The van der Waals surface area contributed by atoms with Crippen molar-refractivity contribution in [3.63, 3.8) is 0 Å². The molecule has 0 saturated carbocycles. The predicted molar refractivity (Wildman–Crippen MR) is 30.5 cm³/mol. The molecule has 3 heteroatoms. The molecule has 0 aromatic carbocycles. The van der Waals surface area contributed by atoms with Crippen LogP contribution in [0.4, 0.5) is 4.39 Å². The summed E-state index contributed by atoms with van der Waals surface area (Å²) in [5, 5.41) is 0. The van der Waals surface area contributed by atoms with Crippen molar-refractivity contribution < 1.29 is 4.39 Å². The molecule has 1 heterocycles. The highest BCUT2D eigenvalue weighted by Gasteiger charge is 1.89. The Labute approximate surface area is 51.0 Å². The van der Waals surface area contributed by atoms with E-state index in [1.807, 2.05) is 0 Å². The van der Waals surface area contributed by atoms with Crippen molar-refractivity contribution in [3.05, 3.63) is 40.6 Å². The monoisotopic (exact) mass is 125 g/mol. The Morgan fingerprint density at radius 1 is 1.44 bits per heavy atom. The fraction of sp³-hybridized carbons (Fsp3) is 0. The predicted octanol–water partition coefficient (Wildman–Crippen LogP) is 0.581. The second kappa shape index (κ2) is 2.35. The van der Waals surface area contributed by atoms with Crippen LogP contribution in [0, 0.1) is 5.95 Å². The molecule has 0 aliphatic rings. The summed E-state index contributed by atoms with van der Waals surface area (Å²) in [4.78, 5) is 13.5. The molecule has 1 aromatic rings. The summed E-state index contributed by atoms with van der Waals surface area (Å²) in [6.07, 6.45) is 1.23. The Hall–Kier alpha value is -1.25. The Kier molecular flexibility index (Phi) is 1.53. The maximum absolute atomic E-state index is 12.1. The van der Waals surface area contributed by atoms with Crippen molar-refractivity contribution in [2.45, 2.75) is 0 Å². The quantitative estimate of drug-likeness (QED) is 0.507. The van der Waals surface area contributed by atoms with E-state index < -0.39 is 11.4 Å². The fourth-order valence-electron chi connectivity index (χ4n) is 0.433. The number of nitrogens with zero attached hydrogens (tertiary/aromatic N) is 1. The molecule has 9 heavy (non-hydrogen) atoms. The van der Waals surface area contributed by atoms with Gasteiger partial charge in [-0.2, -0.15) is 4.39 Å². The van der Waals surface area contributed by atoms with Gasteiger partial charge >= 0.3 is 0 Å². The summed E-state index contributed by atoms with van der Waals surface area (Å²) < 4.78 is 12.1. The SMILES string of the molecule is O=c1ccccnc1F. The molecule has 0 N–H and O–H groups in total. The van der Waals surface area contributed by atoms with Gasteiger partial charge in [0.2, 0.25) is 5.43 Å². The minimum absolute atomic E-state index is 0.681. The molecule has 0 bridgehead atoms. The maximum Gasteiger partial charge on any atom is 0.260 e. The lowest BCUT2D eigenvalue weighted by molar-refractivity contribution is 0.576. The molecule has 1 rings (SSSR count). The smallest absolute Gasteiger partial charge is 0.260 e. The molecule has 2 nitrogen and oxygen atoms in total. The second-order valence-corrected chi connectivity index (χ2v) is 1.48. The number of hydrogen-bond donors (Lipinski definition) is 0. The average molecular weight is 125 g/mol. The van der Waals surface area contributed by atoms with Crippen LogP contribution in [-0.4, -0.2) is 4.98 Å². The summed E-state index contributed by atoms with van der Waals surface area (Å²) in [7, 11) is 0. The zero-order chi connectivity index (χ0) is 6.69. The highest BCUT2D eigenvalue weighted by Crippen LogP contribution is 1.77. The van der Waals surface area contributed by atoms with Gasteiger partial charge < -0.3 is 0 Å². The standard InChI is InChI=1S/C6H4FNO/c7-6-5(9)3-1-2-4-8-6/h1-4H. The van der Waals surface area contributed by atoms with Crippen LogP contribution in [0.3, 0.4) is 0 Å². The van der Waals surface area contributed by atoms with Gasteiger partial charge in [-0.05, 0) is 12.1 Å². The normalized spacial score (nSPS) is 9.00. The summed E-state index contributed by atoms with van der Waals surface area (Å²) in [6, 6.07) is 4.06. The van der Waals surface area contributed by atoms with Crippen LogP contribution >= 0.6 is 0 Å². The van der Waals surface area contributed by atoms with Gasteiger partial charge in [0.15, 0.2) is 0 Å². The molecule has 0 fully saturated rings. The van der Waals surface area contributed by atoms with Crippen LogP contribution < -0.4 is 5.43 Å². The zero-order valence-electron chi connectivity index (χ0n) is 4.54. The molecule has 0 unspecified atom stereocenters. The molecule has 46 valence electrons.